The summed E-state index contributed by atoms with van der Waals surface area (Å²) in [4.78, 5) is 23.6. The van der Waals surface area contributed by atoms with Crippen LogP contribution < -0.4 is 11.0 Å². The standard InChI is InChI=1S/C15H20N4O2/c1-10-5-6-13(7-11(10)2)12(3)17-14(20)8-19-9-16-18(4)15(19)21/h5-7,9,12H,8H2,1-4H3,(H,17,20). The molecule has 2 rings (SSSR count). The fraction of sp³-hybridized carbons (Fsp3) is 0.400. The summed E-state index contributed by atoms with van der Waals surface area (Å²) < 4.78 is 2.47. The van der Waals surface area contributed by atoms with E-state index in [1.54, 1.807) is 7.05 Å². The van der Waals surface area contributed by atoms with E-state index in [0.717, 1.165) is 5.56 Å². The highest BCUT2D eigenvalue weighted by molar-refractivity contribution is 5.76. The quantitative estimate of drug-likeness (QED) is 0.915. The van der Waals surface area contributed by atoms with Crippen LogP contribution in [0.2, 0.25) is 0 Å². The molecule has 6 nitrogen and oxygen atoms in total. The van der Waals surface area contributed by atoms with Crippen molar-refractivity contribution in [3.63, 3.8) is 0 Å². The zero-order valence-corrected chi connectivity index (χ0v) is 12.8. The molecule has 0 aliphatic heterocycles. The van der Waals surface area contributed by atoms with Gasteiger partial charge in [0.25, 0.3) is 0 Å². The summed E-state index contributed by atoms with van der Waals surface area (Å²) in [6.45, 7) is 6.00. The van der Waals surface area contributed by atoms with Gasteiger partial charge in [-0.05, 0) is 37.5 Å². The highest BCUT2D eigenvalue weighted by atomic mass is 16.2. The molecule has 1 aromatic carbocycles. The fourth-order valence-corrected chi connectivity index (χ4v) is 2.09. The SMILES string of the molecule is Cc1ccc(C(C)NC(=O)Cn2cnn(C)c2=O)cc1C. The minimum absolute atomic E-state index is 0.0259. The Labute approximate surface area is 123 Å². The minimum atomic E-state index is -0.302. The number of amides is 1. The van der Waals surface area contributed by atoms with Crippen molar-refractivity contribution >= 4 is 5.91 Å². The van der Waals surface area contributed by atoms with Crippen LogP contribution >= 0.6 is 0 Å². The molecule has 0 aliphatic carbocycles. The predicted molar refractivity (Wildman–Crippen MR) is 79.9 cm³/mol. The van der Waals surface area contributed by atoms with Crippen molar-refractivity contribution in [2.75, 3.05) is 0 Å². The first-order valence-electron chi connectivity index (χ1n) is 6.83. The van der Waals surface area contributed by atoms with Crippen LogP contribution in [0.25, 0.3) is 0 Å². The maximum atomic E-state index is 12.0. The first kappa shape index (κ1) is 15.0. The van der Waals surface area contributed by atoms with Crippen LogP contribution in [0.3, 0.4) is 0 Å². The van der Waals surface area contributed by atoms with Crippen LogP contribution in [0, 0.1) is 13.8 Å². The van der Waals surface area contributed by atoms with E-state index in [9.17, 15) is 9.59 Å². The third kappa shape index (κ3) is 3.39. The average Bonchev–Trinajstić information content (AvgIpc) is 2.73. The molecule has 0 saturated carbocycles. The van der Waals surface area contributed by atoms with Gasteiger partial charge in [-0.25, -0.2) is 9.48 Å². The van der Waals surface area contributed by atoms with E-state index < -0.39 is 0 Å². The largest absolute Gasteiger partial charge is 0.348 e. The summed E-state index contributed by atoms with van der Waals surface area (Å²) in [5.74, 6) is -0.212. The van der Waals surface area contributed by atoms with Crippen molar-refractivity contribution in [3.05, 3.63) is 51.7 Å². The van der Waals surface area contributed by atoms with E-state index >= 15 is 0 Å². The summed E-state index contributed by atoms with van der Waals surface area (Å²) in [5, 5.41) is 6.71. The van der Waals surface area contributed by atoms with Gasteiger partial charge in [-0.1, -0.05) is 18.2 Å². The van der Waals surface area contributed by atoms with Gasteiger partial charge in [0.2, 0.25) is 5.91 Å². The van der Waals surface area contributed by atoms with Crippen molar-refractivity contribution in [1.82, 2.24) is 19.7 Å². The number of nitrogens with one attached hydrogen (secondary N) is 1. The second kappa shape index (κ2) is 5.95. The van der Waals surface area contributed by atoms with Crippen molar-refractivity contribution in [1.29, 1.82) is 0 Å². The smallest absolute Gasteiger partial charge is 0.345 e. The minimum Gasteiger partial charge on any atom is -0.348 e. The Morgan fingerprint density at radius 3 is 2.62 bits per heavy atom. The molecule has 1 heterocycles. The van der Waals surface area contributed by atoms with E-state index in [2.05, 4.69) is 23.4 Å². The van der Waals surface area contributed by atoms with Gasteiger partial charge in [-0.2, -0.15) is 5.10 Å². The molecule has 0 radical (unpaired) electrons. The molecular formula is C15H20N4O2. The highest BCUT2D eigenvalue weighted by Gasteiger charge is 2.12. The van der Waals surface area contributed by atoms with Gasteiger partial charge in [-0.15, -0.1) is 0 Å². The molecule has 0 spiro atoms. The summed E-state index contributed by atoms with van der Waals surface area (Å²) in [7, 11) is 1.55. The lowest BCUT2D eigenvalue weighted by atomic mass is 10.0. The number of rotatable bonds is 4. The van der Waals surface area contributed by atoms with E-state index in [1.807, 2.05) is 26.0 Å². The van der Waals surface area contributed by atoms with Crippen LogP contribution in [0.15, 0.2) is 29.3 Å². The molecule has 6 heteroatoms. The average molecular weight is 288 g/mol. The second-order valence-electron chi connectivity index (χ2n) is 5.30. The van der Waals surface area contributed by atoms with Crippen molar-refractivity contribution in [3.8, 4) is 0 Å². The molecule has 112 valence electrons. The van der Waals surface area contributed by atoms with Gasteiger partial charge in [0.1, 0.15) is 12.9 Å². The third-order valence-corrected chi connectivity index (χ3v) is 3.61. The van der Waals surface area contributed by atoms with E-state index in [0.29, 0.717) is 0 Å². The Kier molecular flexibility index (Phi) is 4.26. The Hall–Kier alpha value is -2.37. The maximum absolute atomic E-state index is 12.0. The summed E-state index contributed by atoms with van der Waals surface area (Å²) in [6, 6.07) is 6.00. The van der Waals surface area contributed by atoms with Crippen LogP contribution in [-0.4, -0.2) is 20.3 Å². The van der Waals surface area contributed by atoms with Gasteiger partial charge < -0.3 is 5.32 Å². The number of hydrogen-bond acceptors (Lipinski definition) is 3. The molecule has 0 bridgehead atoms. The van der Waals surface area contributed by atoms with E-state index in [4.69, 9.17) is 0 Å². The molecule has 1 amide bonds. The monoisotopic (exact) mass is 288 g/mol. The van der Waals surface area contributed by atoms with Crippen molar-refractivity contribution < 1.29 is 4.79 Å². The summed E-state index contributed by atoms with van der Waals surface area (Å²) in [5.41, 5.74) is 3.16. The lowest BCUT2D eigenvalue weighted by Crippen LogP contribution is -2.33. The fourth-order valence-electron chi connectivity index (χ4n) is 2.09. The molecule has 1 N–H and O–H groups in total. The van der Waals surface area contributed by atoms with Gasteiger partial charge in [0, 0.05) is 7.05 Å². The number of nitrogens with zero attached hydrogens (tertiary/aromatic N) is 3. The van der Waals surface area contributed by atoms with E-state index in [-0.39, 0.29) is 24.2 Å². The first-order chi connectivity index (χ1) is 9.88. The normalized spacial score (nSPS) is 12.2. The number of aryl methyl sites for hydroxylation is 3. The van der Waals surface area contributed by atoms with E-state index in [1.165, 1.54) is 26.7 Å². The maximum Gasteiger partial charge on any atom is 0.345 e. The van der Waals surface area contributed by atoms with Crippen LogP contribution in [0.1, 0.15) is 29.7 Å². The Morgan fingerprint density at radius 2 is 2.05 bits per heavy atom. The molecule has 1 unspecified atom stereocenters. The van der Waals surface area contributed by atoms with Gasteiger partial charge >= 0.3 is 5.69 Å². The molecule has 21 heavy (non-hydrogen) atoms. The molecule has 1 aromatic heterocycles. The zero-order chi connectivity index (χ0) is 15.6. The van der Waals surface area contributed by atoms with Crippen molar-refractivity contribution in [2.45, 2.75) is 33.4 Å². The Morgan fingerprint density at radius 1 is 1.33 bits per heavy atom. The number of aromatic nitrogens is 3. The molecule has 0 saturated heterocycles. The lowest BCUT2D eigenvalue weighted by molar-refractivity contribution is -0.122. The molecular weight excluding hydrogens is 268 g/mol. The Balaban J connectivity index is 2.03. The lowest BCUT2D eigenvalue weighted by Gasteiger charge is -2.15. The summed E-state index contributed by atoms with van der Waals surface area (Å²) >= 11 is 0. The zero-order valence-electron chi connectivity index (χ0n) is 12.8. The Bertz CT molecular complexity index is 715. The molecule has 2 aromatic rings. The second-order valence-corrected chi connectivity index (χ2v) is 5.30. The van der Waals surface area contributed by atoms with Gasteiger partial charge in [-0.3, -0.25) is 9.36 Å². The highest BCUT2D eigenvalue weighted by Crippen LogP contribution is 2.16. The van der Waals surface area contributed by atoms with Gasteiger partial charge in [0.05, 0.1) is 6.04 Å². The number of carbonyl (C=O) groups excluding carboxylic acids is 1. The number of benzene rings is 1. The van der Waals surface area contributed by atoms with Crippen molar-refractivity contribution in [2.24, 2.45) is 7.05 Å². The number of carbonyl (C=O) groups is 1. The first-order valence-corrected chi connectivity index (χ1v) is 6.83. The van der Waals surface area contributed by atoms with Crippen LogP contribution in [0.5, 0.6) is 0 Å². The molecule has 1 atom stereocenters. The topological polar surface area (TPSA) is 68.9 Å². The number of hydrogen-bond donors (Lipinski definition) is 1. The summed E-state index contributed by atoms with van der Waals surface area (Å²) in [6.07, 6.45) is 1.36. The molecule has 0 aliphatic rings. The van der Waals surface area contributed by atoms with Crippen LogP contribution in [-0.2, 0) is 18.4 Å². The predicted octanol–water partition coefficient (Wildman–Crippen LogP) is 1.08. The van der Waals surface area contributed by atoms with Crippen LogP contribution in [0.4, 0.5) is 0 Å². The molecule has 0 fully saturated rings. The third-order valence-electron chi connectivity index (χ3n) is 3.61. The van der Waals surface area contributed by atoms with Gasteiger partial charge in [0.15, 0.2) is 0 Å².